The van der Waals surface area contributed by atoms with Crippen molar-refractivity contribution in [2.75, 3.05) is 46.3 Å². The fraction of sp³-hybridized carbons (Fsp3) is 0.737. The van der Waals surface area contributed by atoms with Crippen molar-refractivity contribution in [1.29, 1.82) is 0 Å². The van der Waals surface area contributed by atoms with Gasteiger partial charge in [-0.25, -0.2) is 0 Å². The minimum Gasteiger partial charge on any atom is -0.481 e. The number of carboxylic acid groups (broad SMARTS) is 1. The highest BCUT2D eigenvalue weighted by Gasteiger charge is 2.34. The Morgan fingerprint density at radius 3 is 2.58 bits per heavy atom. The van der Waals surface area contributed by atoms with Gasteiger partial charge < -0.3 is 19.5 Å². The van der Waals surface area contributed by atoms with Crippen LogP contribution in [0.1, 0.15) is 30.8 Å². The van der Waals surface area contributed by atoms with Gasteiger partial charge in [-0.3, -0.25) is 14.6 Å². The van der Waals surface area contributed by atoms with Crippen LogP contribution in [0.5, 0.6) is 0 Å². The molecule has 146 valence electrons. The molecular formula is C19H31N3O4. The standard InChI is InChI=1S/C19H31N3O4/c1-20-8-10-22(11-9-20)18-6-7-21(12-15(18)2-5-19(24)25)13-16-3-4-17(14-23)26-16/h3-4,15,18,23H,2,5-14H2,1H3,(H,24,25)/t15-,18+/m1/s1. The van der Waals surface area contributed by atoms with Crippen LogP contribution in [-0.2, 0) is 17.9 Å². The molecule has 3 heterocycles. The number of rotatable bonds is 7. The highest BCUT2D eigenvalue weighted by molar-refractivity contribution is 5.66. The number of aliphatic hydroxyl groups is 1. The summed E-state index contributed by atoms with van der Waals surface area (Å²) in [5, 5.41) is 18.3. The van der Waals surface area contributed by atoms with E-state index in [1.807, 2.05) is 12.1 Å². The molecule has 7 nitrogen and oxygen atoms in total. The van der Waals surface area contributed by atoms with E-state index in [0.29, 0.717) is 17.7 Å². The number of piperazine rings is 1. The van der Waals surface area contributed by atoms with Crippen molar-refractivity contribution in [1.82, 2.24) is 14.7 Å². The number of furan rings is 1. The molecular weight excluding hydrogens is 334 g/mol. The second-order valence-electron chi connectivity index (χ2n) is 7.65. The minimum atomic E-state index is -0.710. The largest absolute Gasteiger partial charge is 0.481 e. The normalized spacial score (nSPS) is 26.2. The number of hydrogen-bond donors (Lipinski definition) is 2. The fourth-order valence-electron chi connectivity index (χ4n) is 4.28. The molecule has 2 saturated heterocycles. The van der Waals surface area contributed by atoms with Crippen molar-refractivity contribution < 1.29 is 19.4 Å². The van der Waals surface area contributed by atoms with Crippen molar-refractivity contribution in [2.24, 2.45) is 5.92 Å². The lowest BCUT2D eigenvalue weighted by Gasteiger charge is -2.46. The number of carboxylic acids is 1. The maximum atomic E-state index is 11.1. The molecule has 0 bridgehead atoms. The van der Waals surface area contributed by atoms with E-state index in [4.69, 9.17) is 14.6 Å². The van der Waals surface area contributed by atoms with E-state index in [2.05, 4.69) is 21.7 Å². The van der Waals surface area contributed by atoms with Crippen molar-refractivity contribution in [3.05, 3.63) is 23.7 Å². The lowest BCUT2D eigenvalue weighted by molar-refractivity contribution is -0.137. The zero-order valence-corrected chi connectivity index (χ0v) is 15.6. The Morgan fingerprint density at radius 1 is 1.19 bits per heavy atom. The summed E-state index contributed by atoms with van der Waals surface area (Å²) in [4.78, 5) is 18.4. The van der Waals surface area contributed by atoms with E-state index in [9.17, 15) is 4.79 Å². The van der Waals surface area contributed by atoms with Gasteiger partial charge in [0.2, 0.25) is 0 Å². The summed E-state index contributed by atoms with van der Waals surface area (Å²) in [6.45, 7) is 6.86. The Hall–Kier alpha value is -1.41. The SMILES string of the molecule is CN1CCN([C@H]2CCN(Cc3ccc(CO)o3)C[C@H]2CCC(=O)O)CC1. The van der Waals surface area contributed by atoms with Crippen LogP contribution in [0.4, 0.5) is 0 Å². The Labute approximate surface area is 155 Å². The van der Waals surface area contributed by atoms with Gasteiger partial charge >= 0.3 is 5.97 Å². The maximum Gasteiger partial charge on any atom is 0.303 e. The Kier molecular flexibility index (Phi) is 6.69. The van der Waals surface area contributed by atoms with Gasteiger partial charge in [-0.1, -0.05) is 0 Å². The van der Waals surface area contributed by atoms with E-state index in [-0.39, 0.29) is 13.0 Å². The summed E-state index contributed by atoms with van der Waals surface area (Å²) in [6.07, 6.45) is 2.03. The van der Waals surface area contributed by atoms with Crippen molar-refractivity contribution >= 4 is 5.97 Å². The molecule has 1 aromatic rings. The van der Waals surface area contributed by atoms with Crippen LogP contribution in [0.25, 0.3) is 0 Å². The fourth-order valence-corrected chi connectivity index (χ4v) is 4.28. The summed E-state index contributed by atoms with van der Waals surface area (Å²) < 4.78 is 5.62. The first-order valence-corrected chi connectivity index (χ1v) is 9.60. The van der Waals surface area contributed by atoms with E-state index >= 15 is 0 Å². The monoisotopic (exact) mass is 365 g/mol. The van der Waals surface area contributed by atoms with Crippen LogP contribution in [-0.4, -0.2) is 83.2 Å². The molecule has 0 spiro atoms. The van der Waals surface area contributed by atoms with E-state index in [1.54, 1.807) is 0 Å². The molecule has 0 radical (unpaired) electrons. The molecule has 2 atom stereocenters. The third kappa shape index (κ3) is 5.07. The van der Waals surface area contributed by atoms with Crippen LogP contribution in [0, 0.1) is 5.92 Å². The Balaban J connectivity index is 1.61. The summed E-state index contributed by atoms with van der Waals surface area (Å²) in [7, 11) is 2.16. The van der Waals surface area contributed by atoms with E-state index < -0.39 is 5.97 Å². The summed E-state index contributed by atoms with van der Waals surface area (Å²) in [5.74, 6) is 1.12. The number of likely N-dealkylation sites (N-methyl/N-ethyl adjacent to an activating group) is 1. The minimum absolute atomic E-state index is 0.0767. The molecule has 2 N–H and O–H groups in total. The zero-order valence-electron chi connectivity index (χ0n) is 15.6. The molecule has 3 rings (SSSR count). The quantitative estimate of drug-likeness (QED) is 0.748. The van der Waals surface area contributed by atoms with Crippen LogP contribution in [0.3, 0.4) is 0 Å². The average molecular weight is 365 g/mol. The second kappa shape index (κ2) is 8.99. The number of hydrogen-bond acceptors (Lipinski definition) is 6. The molecule has 1 aromatic heterocycles. The van der Waals surface area contributed by atoms with E-state index in [0.717, 1.165) is 64.4 Å². The van der Waals surface area contributed by atoms with Gasteiger partial charge in [-0.05, 0) is 37.9 Å². The number of carbonyl (C=O) groups is 1. The van der Waals surface area contributed by atoms with Crippen LogP contribution >= 0.6 is 0 Å². The highest BCUT2D eigenvalue weighted by Crippen LogP contribution is 2.28. The molecule has 0 unspecified atom stereocenters. The molecule has 2 aliphatic heterocycles. The number of aliphatic hydroxyl groups excluding tert-OH is 1. The van der Waals surface area contributed by atoms with E-state index in [1.165, 1.54) is 0 Å². The third-order valence-electron chi connectivity index (χ3n) is 5.77. The molecule has 0 aromatic carbocycles. The number of piperidine rings is 1. The molecule has 26 heavy (non-hydrogen) atoms. The Morgan fingerprint density at radius 2 is 1.92 bits per heavy atom. The van der Waals surface area contributed by atoms with Gasteiger partial charge in [0.15, 0.2) is 0 Å². The average Bonchev–Trinajstić information content (AvgIpc) is 3.08. The van der Waals surface area contributed by atoms with Gasteiger partial charge in [0.25, 0.3) is 0 Å². The number of likely N-dealkylation sites (tertiary alicyclic amines) is 1. The molecule has 0 saturated carbocycles. The lowest BCUT2D eigenvalue weighted by Crippen LogP contribution is -2.56. The van der Waals surface area contributed by atoms with Crippen LogP contribution < -0.4 is 0 Å². The molecule has 2 fully saturated rings. The first-order valence-electron chi connectivity index (χ1n) is 9.60. The van der Waals surface area contributed by atoms with Crippen molar-refractivity contribution in [3.8, 4) is 0 Å². The van der Waals surface area contributed by atoms with Crippen molar-refractivity contribution in [2.45, 2.75) is 38.5 Å². The van der Waals surface area contributed by atoms with Gasteiger partial charge in [-0.15, -0.1) is 0 Å². The Bertz CT molecular complexity index is 583. The lowest BCUT2D eigenvalue weighted by atomic mass is 9.86. The maximum absolute atomic E-state index is 11.1. The predicted molar refractivity (Wildman–Crippen MR) is 97.7 cm³/mol. The van der Waals surface area contributed by atoms with Gasteiger partial charge in [0.1, 0.15) is 18.1 Å². The topological polar surface area (TPSA) is 80.4 Å². The predicted octanol–water partition coefficient (Wildman–Crippen LogP) is 1.07. The molecule has 2 aliphatic rings. The van der Waals surface area contributed by atoms with Gasteiger partial charge in [-0.2, -0.15) is 0 Å². The highest BCUT2D eigenvalue weighted by atomic mass is 16.4. The first kappa shape index (κ1) is 19.4. The van der Waals surface area contributed by atoms with Crippen molar-refractivity contribution in [3.63, 3.8) is 0 Å². The smallest absolute Gasteiger partial charge is 0.303 e. The number of aliphatic carboxylic acids is 1. The van der Waals surface area contributed by atoms with Gasteiger partial charge in [0, 0.05) is 51.7 Å². The summed E-state index contributed by atoms with van der Waals surface area (Å²) in [5.41, 5.74) is 0. The third-order valence-corrected chi connectivity index (χ3v) is 5.77. The molecule has 0 amide bonds. The van der Waals surface area contributed by atoms with Gasteiger partial charge in [0.05, 0.1) is 6.54 Å². The first-order chi connectivity index (χ1) is 12.5. The molecule has 0 aliphatic carbocycles. The summed E-state index contributed by atoms with van der Waals surface area (Å²) >= 11 is 0. The van der Waals surface area contributed by atoms with Crippen LogP contribution in [0.15, 0.2) is 16.5 Å². The molecule has 7 heteroatoms. The van der Waals surface area contributed by atoms with Crippen LogP contribution in [0.2, 0.25) is 0 Å². The summed E-state index contributed by atoms with van der Waals surface area (Å²) in [6, 6.07) is 4.21. The zero-order chi connectivity index (χ0) is 18.5. The number of nitrogens with zero attached hydrogens (tertiary/aromatic N) is 3. The second-order valence-corrected chi connectivity index (χ2v) is 7.65.